The van der Waals surface area contributed by atoms with E-state index >= 15 is 0 Å². The van der Waals surface area contributed by atoms with Crippen molar-refractivity contribution in [2.75, 3.05) is 32.7 Å². The molecule has 2 heterocycles. The summed E-state index contributed by atoms with van der Waals surface area (Å²) in [4.78, 5) is 14.7. The van der Waals surface area contributed by atoms with E-state index in [1.807, 2.05) is 42.5 Å². The van der Waals surface area contributed by atoms with Crippen molar-refractivity contribution in [3.05, 3.63) is 52.8 Å². The zero-order valence-corrected chi connectivity index (χ0v) is 17.2. The van der Waals surface area contributed by atoms with E-state index in [-0.39, 0.29) is 22.8 Å². The van der Waals surface area contributed by atoms with Gasteiger partial charge in [-0.25, -0.2) is 8.42 Å². The molecule has 3 rings (SSSR count). The molecule has 8 heteroatoms. The van der Waals surface area contributed by atoms with Crippen LogP contribution in [0.3, 0.4) is 0 Å². The largest absolute Gasteiger partial charge is 0.351 e. The Bertz CT molecular complexity index is 1040. The van der Waals surface area contributed by atoms with E-state index < -0.39 is 10.0 Å². The molecule has 0 atom stereocenters. The monoisotopic (exact) mass is 400 g/mol. The van der Waals surface area contributed by atoms with E-state index in [9.17, 15) is 18.5 Å². The Kier molecular flexibility index (Phi) is 5.70. The molecular weight excluding hydrogens is 376 g/mol. The molecule has 2 aromatic rings. The lowest BCUT2D eigenvalue weighted by atomic mass is 10.1. The number of rotatable bonds is 5. The zero-order chi connectivity index (χ0) is 20.5. The lowest BCUT2D eigenvalue weighted by Gasteiger charge is -2.33. The molecule has 0 saturated carbocycles. The molecule has 1 aromatic heterocycles. The van der Waals surface area contributed by atoms with Crippen molar-refractivity contribution in [3.63, 3.8) is 0 Å². The van der Waals surface area contributed by atoms with Gasteiger partial charge in [0.15, 0.2) is 5.78 Å². The van der Waals surface area contributed by atoms with Crippen LogP contribution in [0.25, 0.3) is 0 Å². The first-order chi connectivity index (χ1) is 13.3. The van der Waals surface area contributed by atoms with Gasteiger partial charge in [0.2, 0.25) is 10.0 Å². The second kappa shape index (κ2) is 7.87. The van der Waals surface area contributed by atoms with Gasteiger partial charge in [-0.1, -0.05) is 12.1 Å². The number of sulfonamides is 1. The first-order valence-corrected chi connectivity index (χ1v) is 10.6. The van der Waals surface area contributed by atoms with Crippen molar-refractivity contribution in [2.24, 2.45) is 7.05 Å². The van der Waals surface area contributed by atoms with Gasteiger partial charge in [-0.05, 0) is 32.0 Å². The molecule has 0 bridgehead atoms. The Labute approximate surface area is 165 Å². The lowest BCUT2D eigenvalue weighted by Crippen LogP contribution is -2.49. The number of aryl methyl sites for hydroxylation is 1. The fourth-order valence-electron chi connectivity index (χ4n) is 3.48. The minimum atomic E-state index is -3.72. The summed E-state index contributed by atoms with van der Waals surface area (Å²) in [5.41, 5.74) is 2.85. The molecule has 1 fully saturated rings. The molecule has 0 N–H and O–H groups in total. The van der Waals surface area contributed by atoms with Crippen LogP contribution < -0.4 is 0 Å². The van der Waals surface area contributed by atoms with Gasteiger partial charge >= 0.3 is 0 Å². The lowest BCUT2D eigenvalue weighted by molar-refractivity contribution is 0.0901. The predicted molar refractivity (Wildman–Crippen MR) is 106 cm³/mol. The molecule has 0 radical (unpaired) electrons. The van der Waals surface area contributed by atoms with Crippen LogP contribution >= 0.6 is 0 Å². The van der Waals surface area contributed by atoms with E-state index in [1.165, 1.54) is 16.4 Å². The van der Waals surface area contributed by atoms with Gasteiger partial charge in [0.1, 0.15) is 6.07 Å². The number of aromatic nitrogens is 1. The summed E-state index contributed by atoms with van der Waals surface area (Å²) in [6.07, 6.45) is 0. The van der Waals surface area contributed by atoms with Gasteiger partial charge < -0.3 is 4.57 Å². The van der Waals surface area contributed by atoms with Gasteiger partial charge in [-0.3, -0.25) is 9.69 Å². The second-order valence-corrected chi connectivity index (χ2v) is 8.96. The summed E-state index contributed by atoms with van der Waals surface area (Å²) in [5, 5.41) is 9.19. The zero-order valence-electron chi connectivity index (χ0n) is 16.3. The molecule has 1 aliphatic heterocycles. The Morgan fingerprint density at radius 1 is 1.14 bits per heavy atom. The number of ketones is 1. The van der Waals surface area contributed by atoms with E-state index in [2.05, 4.69) is 0 Å². The van der Waals surface area contributed by atoms with Crippen molar-refractivity contribution >= 4 is 15.8 Å². The van der Waals surface area contributed by atoms with Crippen LogP contribution in [0, 0.1) is 25.2 Å². The third kappa shape index (κ3) is 3.74. The minimum Gasteiger partial charge on any atom is -0.351 e. The smallest absolute Gasteiger partial charge is 0.244 e. The first-order valence-electron chi connectivity index (χ1n) is 9.13. The number of piperazine rings is 1. The Hall–Kier alpha value is -2.47. The number of nitrogens with zero attached hydrogens (tertiary/aromatic N) is 4. The normalized spacial score (nSPS) is 16.1. The van der Waals surface area contributed by atoms with Crippen molar-refractivity contribution in [2.45, 2.75) is 18.7 Å². The third-order valence-electron chi connectivity index (χ3n) is 5.40. The molecule has 0 unspecified atom stereocenters. The number of nitriles is 1. The minimum absolute atomic E-state index is 0.0393. The topological polar surface area (TPSA) is 86.4 Å². The van der Waals surface area contributed by atoms with Gasteiger partial charge in [-0.2, -0.15) is 9.57 Å². The molecule has 1 saturated heterocycles. The maximum atomic E-state index is 12.9. The summed E-state index contributed by atoms with van der Waals surface area (Å²) in [6.45, 7) is 5.70. The van der Waals surface area contributed by atoms with Crippen LogP contribution in [0.2, 0.25) is 0 Å². The molecule has 0 spiro atoms. The van der Waals surface area contributed by atoms with Crippen LogP contribution in [-0.2, 0) is 17.1 Å². The Balaban J connectivity index is 1.67. The van der Waals surface area contributed by atoms with Gasteiger partial charge in [0.05, 0.1) is 17.0 Å². The van der Waals surface area contributed by atoms with Gasteiger partial charge in [-0.15, -0.1) is 0 Å². The number of Topliss-reactive ketones (excluding diaryl/α,β-unsaturated/α-hetero) is 1. The molecule has 0 aliphatic carbocycles. The van der Waals surface area contributed by atoms with Gasteiger partial charge in [0, 0.05) is 50.2 Å². The molecule has 1 aromatic carbocycles. The average molecular weight is 401 g/mol. The van der Waals surface area contributed by atoms with Gasteiger partial charge in [0.25, 0.3) is 0 Å². The molecule has 1 aliphatic rings. The maximum Gasteiger partial charge on any atom is 0.244 e. The predicted octanol–water partition coefficient (Wildman–Crippen LogP) is 1.70. The molecular formula is C20H24N4O3S. The summed E-state index contributed by atoms with van der Waals surface area (Å²) in [7, 11) is -1.79. The maximum absolute atomic E-state index is 12.9. The quantitative estimate of drug-likeness (QED) is 0.713. The second-order valence-electron chi connectivity index (χ2n) is 7.06. The number of hydrogen-bond acceptors (Lipinski definition) is 5. The summed E-state index contributed by atoms with van der Waals surface area (Å²) in [6, 6.07) is 10.1. The molecule has 7 nitrogen and oxygen atoms in total. The van der Waals surface area contributed by atoms with E-state index in [1.54, 1.807) is 12.1 Å². The highest BCUT2D eigenvalue weighted by Crippen LogP contribution is 2.21. The van der Waals surface area contributed by atoms with E-state index in [0.717, 1.165) is 17.0 Å². The molecule has 28 heavy (non-hydrogen) atoms. The highest BCUT2D eigenvalue weighted by molar-refractivity contribution is 7.89. The summed E-state index contributed by atoms with van der Waals surface area (Å²) < 4.78 is 29.2. The average Bonchev–Trinajstić information content (AvgIpc) is 2.95. The van der Waals surface area contributed by atoms with Crippen molar-refractivity contribution in [1.29, 1.82) is 5.26 Å². The van der Waals surface area contributed by atoms with Crippen LogP contribution in [-0.4, -0.2) is 60.7 Å². The van der Waals surface area contributed by atoms with Crippen LogP contribution in [0.5, 0.6) is 0 Å². The first kappa shape index (κ1) is 20.3. The Morgan fingerprint density at radius 3 is 2.36 bits per heavy atom. The number of benzene rings is 1. The summed E-state index contributed by atoms with van der Waals surface area (Å²) in [5.74, 6) is 0.0485. The fraction of sp³-hybridized carbons (Fsp3) is 0.400. The molecule has 148 valence electrons. The van der Waals surface area contributed by atoms with Crippen LogP contribution in [0.15, 0.2) is 35.2 Å². The Morgan fingerprint density at radius 2 is 1.79 bits per heavy atom. The highest BCUT2D eigenvalue weighted by atomic mass is 32.2. The molecule has 0 amide bonds. The van der Waals surface area contributed by atoms with Crippen LogP contribution in [0.4, 0.5) is 0 Å². The highest BCUT2D eigenvalue weighted by Gasteiger charge is 2.31. The van der Waals surface area contributed by atoms with E-state index in [0.29, 0.717) is 26.2 Å². The van der Waals surface area contributed by atoms with E-state index in [4.69, 9.17) is 0 Å². The van der Waals surface area contributed by atoms with Crippen molar-refractivity contribution in [3.8, 4) is 6.07 Å². The van der Waals surface area contributed by atoms with Crippen LogP contribution in [0.1, 0.15) is 27.3 Å². The number of carbonyl (C=O) groups excluding carboxylic acids is 1. The standard InChI is InChI=1S/C20H24N4O3S/c1-15-12-18(16(2)22(15)3)19(25)14-23-8-10-24(11-9-23)28(26,27)20-7-5-4-6-17(20)13-21/h4-7,12H,8-11,14H2,1-3H3. The number of hydrogen-bond donors (Lipinski definition) is 0. The third-order valence-corrected chi connectivity index (χ3v) is 7.36. The number of carbonyl (C=O) groups is 1. The van der Waals surface area contributed by atoms with Crippen molar-refractivity contribution < 1.29 is 13.2 Å². The van der Waals surface area contributed by atoms with Crippen molar-refractivity contribution in [1.82, 2.24) is 13.8 Å². The summed E-state index contributed by atoms with van der Waals surface area (Å²) >= 11 is 0. The fourth-order valence-corrected chi connectivity index (χ4v) is 5.04. The SMILES string of the molecule is Cc1cc(C(=O)CN2CCN(S(=O)(=O)c3ccccc3C#N)CC2)c(C)n1C.